The molecule has 0 aromatic heterocycles. The number of imide groups is 1. The minimum Gasteiger partial charge on any atom is -0.508 e. The third kappa shape index (κ3) is 3.47. The van der Waals surface area contributed by atoms with Gasteiger partial charge in [-0.25, -0.2) is 0 Å². The first-order chi connectivity index (χ1) is 14.9. The van der Waals surface area contributed by atoms with Gasteiger partial charge in [0.05, 0.1) is 17.9 Å². The van der Waals surface area contributed by atoms with Crippen molar-refractivity contribution in [2.45, 2.75) is 64.0 Å². The summed E-state index contributed by atoms with van der Waals surface area (Å²) in [5, 5.41) is 21.3. The molecule has 1 saturated carbocycles. The Bertz CT molecular complexity index is 959. The topological polar surface area (TPSA) is 87.1 Å². The summed E-state index contributed by atoms with van der Waals surface area (Å²) in [6.45, 7) is 1.93. The van der Waals surface area contributed by atoms with Gasteiger partial charge < -0.3 is 14.8 Å². The van der Waals surface area contributed by atoms with Crippen LogP contribution in [0.3, 0.4) is 0 Å². The molecule has 164 valence electrons. The molecule has 6 nitrogen and oxygen atoms in total. The van der Waals surface area contributed by atoms with Gasteiger partial charge in [0.1, 0.15) is 5.75 Å². The van der Waals surface area contributed by atoms with Gasteiger partial charge in [-0.3, -0.25) is 14.5 Å². The van der Waals surface area contributed by atoms with Crippen LogP contribution in [0.2, 0.25) is 0 Å². The van der Waals surface area contributed by atoms with E-state index < -0.39 is 19.1 Å². The fourth-order valence-electron chi connectivity index (χ4n) is 6.26. The van der Waals surface area contributed by atoms with Crippen molar-refractivity contribution in [3.63, 3.8) is 0 Å². The van der Waals surface area contributed by atoms with Crippen molar-refractivity contribution in [2.24, 2.45) is 17.8 Å². The number of likely N-dealkylation sites (tertiary alicyclic amines) is 1. The summed E-state index contributed by atoms with van der Waals surface area (Å²) in [6.07, 6.45) is 5.44. The molecule has 2 amide bonds. The number of nitrogens with zero attached hydrogens (tertiary/aromatic N) is 1. The van der Waals surface area contributed by atoms with Crippen LogP contribution in [0.4, 0.5) is 0 Å². The SMILES string of the molecule is CC1=C2B(O)O[C@H](c3cc(Br)ccc3O)C[C@H]2[C@H]2C(=O)N(C3CCCCC3)C(=O)[C@H]2C1. The molecule has 3 fully saturated rings. The highest BCUT2D eigenvalue weighted by Gasteiger charge is 2.58. The predicted molar refractivity (Wildman–Crippen MR) is 119 cm³/mol. The Kier molecular flexibility index (Phi) is 5.51. The van der Waals surface area contributed by atoms with Gasteiger partial charge in [-0.1, -0.05) is 40.8 Å². The van der Waals surface area contributed by atoms with E-state index in [9.17, 15) is 19.7 Å². The summed E-state index contributed by atoms with van der Waals surface area (Å²) in [5.41, 5.74) is 2.27. The average Bonchev–Trinajstić information content (AvgIpc) is 3.00. The lowest BCUT2D eigenvalue weighted by Gasteiger charge is -2.41. The van der Waals surface area contributed by atoms with Gasteiger partial charge in [0, 0.05) is 16.1 Å². The lowest BCUT2D eigenvalue weighted by molar-refractivity contribution is -0.143. The van der Waals surface area contributed by atoms with E-state index in [4.69, 9.17) is 4.65 Å². The summed E-state index contributed by atoms with van der Waals surface area (Å²) >= 11 is 3.43. The Morgan fingerprint density at radius 1 is 1.13 bits per heavy atom. The number of hydrogen-bond acceptors (Lipinski definition) is 5. The maximum absolute atomic E-state index is 13.6. The number of phenolic OH excluding ortho intramolecular Hbond substituents is 1. The highest BCUT2D eigenvalue weighted by Crippen LogP contribution is 2.52. The third-order valence-electron chi connectivity index (χ3n) is 7.67. The maximum Gasteiger partial charge on any atom is 0.487 e. The standard InChI is InChI=1S/C23H27BBrNO5/c1-12-9-17-20(23(29)26(22(17)28)14-5-3-2-4-6-14)16-11-19(31-24(30)21(12)16)15-10-13(25)7-8-18(15)27/h7-8,10,14,16-17,19-20,27,30H,2-6,9,11H2,1H3/t16-,17-,19-,20+/m0/s1. The van der Waals surface area contributed by atoms with Crippen LogP contribution in [-0.4, -0.2) is 40.0 Å². The molecule has 0 spiro atoms. The Balaban J connectivity index is 1.49. The van der Waals surface area contributed by atoms with Gasteiger partial charge in [0.15, 0.2) is 0 Å². The number of carbonyl (C=O) groups excluding carboxylic acids is 2. The molecule has 2 N–H and O–H groups in total. The van der Waals surface area contributed by atoms with Gasteiger partial charge in [-0.2, -0.15) is 0 Å². The van der Waals surface area contributed by atoms with Crippen LogP contribution in [0.5, 0.6) is 5.75 Å². The number of hydrogen-bond donors (Lipinski definition) is 2. The van der Waals surface area contributed by atoms with E-state index in [1.54, 1.807) is 23.1 Å². The van der Waals surface area contributed by atoms with Crippen LogP contribution in [0, 0.1) is 17.8 Å². The molecule has 2 saturated heterocycles. The molecule has 8 heteroatoms. The Morgan fingerprint density at radius 3 is 2.61 bits per heavy atom. The first-order valence-corrected chi connectivity index (χ1v) is 12.0. The monoisotopic (exact) mass is 487 g/mol. The molecule has 2 heterocycles. The highest BCUT2D eigenvalue weighted by molar-refractivity contribution is 9.10. The molecule has 0 bridgehead atoms. The maximum atomic E-state index is 13.6. The summed E-state index contributed by atoms with van der Waals surface area (Å²) in [4.78, 5) is 28.5. The fourth-order valence-corrected chi connectivity index (χ4v) is 6.64. The fraction of sp³-hybridized carbons (Fsp3) is 0.565. The van der Waals surface area contributed by atoms with E-state index >= 15 is 0 Å². The first kappa shape index (κ1) is 21.2. The van der Waals surface area contributed by atoms with Crippen LogP contribution in [0.1, 0.15) is 63.5 Å². The van der Waals surface area contributed by atoms with E-state index in [1.807, 2.05) is 6.92 Å². The number of carbonyl (C=O) groups is 2. The predicted octanol–water partition coefficient (Wildman–Crippen LogP) is 3.91. The summed E-state index contributed by atoms with van der Waals surface area (Å²) in [7, 11) is -1.14. The highest BCUT2D eigenvalue weighted by atomic mass is 79.9. The molecule has 0 radical (unpaired) electrons. The molecule has 1 aromatic carbocycles. The number of allylic oxidation sites excluding steroid dienone is 2. The smallest absolute Gasteiger partial charge is 0.487 e. The van der Waals surface area contributed by atoms with Crippen molar-refractivity contribution in [3.05, 3.63) is 39.3 Å². The number of benzene rings is 1. The normalized spacial score (nSPS) is 31.8. The Labute approximate surface area is 190 Å². The van der Waals surface area contributed by atoms with Gasteiger partial charge in [-0.15, -0.1) is 0 Å². The second-order valence-electron chi connectivity index (χ2n) is 9.43. The number of fused-ring (bicyclic) bond motifs is 3. The number of amides is 2. The van der Waals surface area contributed by atoms with Crippen LogP contribution in [-0.2, 0) is 14.2 Å². The van der Waals surface area contributed by atoms with Crippen LogP contribution in [0.15, 0.2) is 33.7 Å². The number of aromatic hydroxyl groups is 1. The van der Waals surface area contributed by atoms with Gasteiger partial charge in [-0.05, 0) is 62.2 Å². The van der Waals surface area contributed by atoms with E-state index in [0.717, 1.165) is 47.6 Å². The largest absolute Gasteiger partial charge is 0.508 e. The molecule has 5 rings (SSSR count). The van der Waals surface area contributed by atoms with E-state index in [0.29, 0.717) is 18.4 Å². The molecule has 4 aliphatic rings. The van der Waals surface area contributed by atoms with E-state index in [-0.39, 0.29) is 35.4 Å². The van der Waals surface area contributed by atoms with Crippen LogP contribution in [0.25, 0.3) is 0 Å². The van der Waals surface area contributed by atoms with Crippen LogP contribution < -0.4 is 0 Å². The first-order valence-electron chi connectivity index (χ1n) is 11.2. The molecule has 4 atom stereocenters. The summed E-state index contributed by atoms with van der Waals surface area (Å²) < 4.78 is 6.71. The van der Waals surface area contributed by atoms with Crippen molar-refractivity contribution in [3.8, 4) is 5.75 Å². The minimum atomic E-state index is -1.14. The summed E-state index contributed by atoms with van der Waals surface area (Å²) in [6, 6.07) is 5.12. The minimum absolute atomic E-state index is 0.0118. The van der Waals surface area contributed by atoms with E-state index in [2.05, 4.69) is 15.9 Å². The van der Waals surface area contributed by atoms with Crippen molar-refractivity contribution in [1.82, 2.24) is 4.90 Å². The Hall–Kier alpha value is -1.64. The lowest BCUT2D eigenvalue weighted by atomic mass is 9.55. The number of phenols is 1. The van der Waals surface area contributed by atoms with Crippen molar-refractivity contribution in [2.75, 3.05) is 0 Å². The van der Waals surface area contributed by atoms with E-state index in [1.165, 1.54) is 0 Å². The van der Waals surface area contributed by atoms with Crippen molar-refractivity contribution >= 4 is 34.9 Å². The van der Waals surface area contributed by atoms with Gasteiger partial charge >= 0.3 is 7.12 Å². The number of rotatable bonds is 2. The van der Waals surface area contributed by atoms with Crippen molar-refractivity contribution < 1.29 is 24.4 Å². The molecular formula is C23H27BBrNO5. The van der Waals surface area contributed by atoms with Gasteiger partial charge in [0.25, 0.3) is 0 Å². The zero-order valence-electron chi connectivity index (χ0n) is 17.6. The third-order valence-corrected chi connectivity index (χ3v) is 8.16. The molecule has 2 aliphatic carbocycles. The number of halogens is 1. The summed E-state index contributed by atoms with van der Waals surface area (Å²) in [5.74, 6) is -1.11. The van der Waals surface area contributed by atoms with Crippen LogP contribution >= 0.6 is 15.9 Å². The second kappa shape index (κ2) is 8.05. The zero-order valence-corrected chi connectivity index (χ0v) is 19.2. The lowest BCUT2D eigenvalue weighted by Crippen LogP contribution is -2.45. The quantitative estimate of drug-likeness (QED) is 0.487. The molecule has 31 heavy (non-hydrogen) atoms. The van der Waals surface area contributed by atoms with Crippen molar-refractivity contribution in [1.29, 1.82) is 0 Å². The molecule has 1 aromatic rings. The molecule has 0 unspecified atom stereocenters. The molecular weight excluding hydrogens is 461 g/mol. The Morgan fingerprint density at radius 2 is 1.87 bits per heavy atom. The zero-order chi connectivity index (χ0) is 21.9. The second-order valence-corrected chi connectivity index (χ2v) is 10.3. The van der Waals surface area contributed by atoms with Gasteiger partial charge in [0.2, 0.25) is 11.8 Å². The average molecular weight is 488 g/mol. The molecule has 2 aliphatic heterocycles.